The zero-order chi connectivity index (χ0) is 14.7. The number of piperidine rings is 1. The maximum absolute atomic E-state index is 12.5. The topological polar surface area (TPSA) is 53.5 Å². The second kappa shape index (κ2) is 6.24. The molecular weight excluding hydrogens is 266 g/mol. The minimum absolute atomic E-state index is 0.0209. The van der Waals surface area contributed by atoms with Crippen LogP contribution in [0.2, 0.25) is 0 Å². The zero-order valence-corrected chi connectivity index (χ0v) is 12.3. The first-order valence-corrected chi connectivity index (χ1v) is 7.80. The molecule has 3 rings (SSSR count). The fourth-order valence-corrected chi connectivity index (χ4v) is 3.04. The van der Waals surface area contributed by atoms with Crippen LogP contribution in [0.5, 0.6) is 0 Å². The lowest BCUT2D eigenvalue weighted by Gasteiger charge is -2.26. The monoisotopic (exact) mass is 287 g/mol. The van der Waals surface area contributed by atoms with Gasteiger partial charge in [-0.1, -0.05) is 0 Å². The van der Waals surface area contributed by atoms with Crippen LogP contribution >= 0.6 is 0 Å². The molecule has 0 bridgehead atoms. The largest absolute Gasteiger partial charge is 0.339 e. The van der Waals surface area contributed by atoms with Crippen LogP contribution in [0.25, 0.3) is 0 Å². The lowest BCUT2D eigenvalue weighted by atomic mass is 10.1. The summed E-state index contributed by atoms with van der Waals surface area (Å²) >= 11 is 0. The molecule has 2 aliphatic heterocycles. The van der Waals surface area contributed by atoms with Crippen LogP contribution in [0.15, 0.2) is 18.3 Å². The number of amides is 2. The van der Waals surface area contributed by atoms with Gasteiger partial charge < -0.3 is 9.80 Å². The van der Waals surface area contributed by atoms with Gasteiger partial charge in [0, 0.05) is 37.9 Å². The first kappa shape index (κ1) is 14.0. The molecule has 0 atom stereocenters. The second-order valence-corrected chi connectivity index (χ2v) is 5.78. The van der Waals surface area contributed by atoms with Crippen molar-refractivity contribution in [3.63, 3.8) is 0 Å². The summed E-state index contributed by atoms with van der Waals surface area (Å²) < 4.78 is 0. The Kier molecular flexibility index (Phi) is 4.18. The predicted octanol–water partition coefficient (Wildman–Crippen LogP) is 1.94. The number of pyridine rings is 1. The van der Waals surface area contributed by atoms with Crippen LogP contribution in [0.3, 0.4) is 0 Å². The molecule has 2 saturated heterocycles. The van der Waals surface area contributed by atoms with Gasteiger partial charge in [0.05, 0.1) is 0 Å². The summed E-state index contributed by atoms with van der Waals surface area (Å²) in [7, 11) is 0. The standard InChI is InChI=1S/C16H21N3O2/c20-15(18-8-2-1-3-9-18)13-6-7-17-14(12-13)16(21)19-10-4-5-11-19/h6-7,12H,1-5,8-11H2. The molecule has 0 spiro atoms. The van der Waals surface area contributed by atoms with E-state index in [1.54, 1.807) is 18.3 Å². The summed E-state index contributed by atoms with van der Waals surface area (Å²) in [6.45, 7) is 3.22. The molecule has 1 aromatic rings. The van der Waals surface area contributed by atoms with Gasteiger partial charge in [-0.15, -0.1) is 0 Å². The van der Waals surface area contributed by atoms with Gasteiger partial charge >= 0.3 is 0 Å². The summed E-state index contributed by atoms with van der Waals surface area (Å²) in [5.74, 6) is -0.0339. The summed E-state index contributed by atoms with van der Waals surface area (Å²) in [6, 6.07) is 3.36. The highest BCUT2D eigenvalue weighted by Crippen LogP contribution is 2.15. The molecule has 3 heterocycles. The molecule has 2 fully saturated rings. The molecule has 5 nitrogen and oxygen atoms in total. The SMILES string of the molecule is O=C(c1ccnc(C(=O)N2CCCC2)c1)N1CCCCC1. The number of nitrogens with zero attached hydrogens (tertiary/aromatic N) is 3. The van der Waals surface area contributed by atoms with Gasteiger partial charge in [0.15, 0.2) is 0 Å². The van der Waals surface area contributed by atoms with Crippen LogP contribution < -0.4 is 0 Å². The molecule has 21 heavy (non-hydrogen) atoms. The number of hydrogen-bond acceptors (Lipinski definition) is 3. The lowest BCUT2D eigenvalue weighted by molar-refractivity contribution is 0.0724. The molecule has 0 saturated carbocycles. The fraction of sp³-hybridized carbons (Fsp3) is 0.562. The van der Waals surface area contributed by atoms with Gasteiger partial charge in [-0.05, 0) is 44.2 Å². The third-order valence-electron chi connectivity index (χ3n) is 4.26. The van der Waals surface area contributed by atoms with Crippen LogP contribution in [-0.4, -0.2) is 52.8 Å². The van der Waals surface area contributed by atoms with E-state index in [1.807, 2.05) is 9.80 Å². The first-order valence-electron chi connectivity index (χ1n) is 7.80. The van der Waals surface area contributed by atoms with Crippen molar-refractivity contribution >= 4 is 11.8 Å². The number of carbonyl (C=O) groups is 2. The predicted molar refractivity (Wildman–Crippen MR) is 79.1 cm³/mol. The molecule has 2 amide bonds. The number of carbonyl (C=O) groups excluding carboxylic acids is 2. The molecule has 0 aliphatic carbocycles. The van der Waals surface area contributed by atoms with Crippen molar-refractivity contribution in [1.29, 1.82) is 0 Å². The highest BCUT2D eigenvalue weighted by Gasteiger charge is 2.23. The summed E-state index contributed by atoms with van der Waals surface area (Å²) in [5.41, 5.74) is 0.967. The van der Waals surface area contributed by atoms with Crippen molar-refractivity contribution in [2.45, 2.75) is 32.1 Å². The van der Waals surface area contributed by atoms with E-state index in [9.17, 15) is 9.59 Å². The molecule has 0 N–H and O–H groups in total. The molecule has 112 valence electrons. The first-order chi connectivity index (χ1) is 10.3. The van der Waals surface area contributed by atoms with Gasteiger partial charge in [-0.2, -0.15) is 0 Å². The van der Waals surface area contributed by atoms with E-state index in [2.05, 4.69) is 4.98 Å². The molecule has 0 unspecified atom stereocenters. The Hall–Kier alpha value is -1.91. The maximum atomic E-state index is 12.5. The van der Waals surface area contributed by atoms with Gasteiger partial charge in [0.25, 0.3) is 11.8 Å². The molecule has 0 radical (unpaired) electrons. The Morgan fingerprint density at radius 3 is 2.10 bits per heavy atom. The quantitative estimate of drug-likeness (QED) is 0.835. The third kappa shape index (κ3) is 3.06. The second-order valence-electron chi connectivity index (χ2n) is 5.78. The average molecular weight is 287 g/mol. The minimum atomic E-state index is -0.0548. The van der Waals surface area contributed by atoms with Crippen LogP contribution in [-0.2, 0) is 0 Å². The lowest BCUT2D eigenvalue weighted by Crippen LogP contribution is -2.36. The van der Waals surface area contributed by atoms with Crippen LogP contribution in [0.1, 0.15) is 53.0 Å². The number of aromatic nitrogens is 1. The molecule has 2 aliphatic rings. The van der Waals surface area contributed by atoms with Crippen molar-refractivity contribution < 1.29 is 9.59 Å². The van der Waals surface area contributed by atoms with E-state index in [1.165, 1.54) is 6.42 Å². The average Bonchev–Trinajstić information content (AvgIpc) is 3.09. The number of rotatable bonds is 2. The Morgan fingerprint density at radius 2 is 1.43 bits per heavy atom. The van der Waals surface area contributed by atoms with Crippen molar-refractivity contribution in [3.8, 4) is 0 Å². The zero-order valence-electron chi connectivity index (χ0n) is 12.3. The maximum Gasteiger partial charge on any atom is 0.272 e. The van der Waals surface area contributed by atoms with E-state index in [0.29, 0.717) is 11.3 Å². The van der Waals surface area contributed by atoms with E-state index in [4.69, 9.17) is 0 Å². The number of likely N-dealkylation sites (tertiary alicyclic amines) is 2. The Bertz CT molecular complexity index is 532. The molecule has 1 aromatic heterocycles. The van der Waals surface area contributed by atoms with E-state index in [0.717, 1.165) is 51.9 Å². The smallest absolute Gasteiger partial charge is 0.272 e. The number of hydrogen-bond donors (Lipinski definition) is 0. The summed E-state index contributed by atoms with van der Waals surface area (Å²) in [5, 5.41) is 0. The van der Waals surface area contributed by atoms with E-state index >= 15 is 0 Å². The Labute approximate surface area is 124 Å². The highest BCUT2D eigenvalue weighted by atomic mass is 16.2. The Morgan fingerprint density at radius 1 is 0.857 bits per heavy atom. The van der Waals surface area contributed by atoms with Gasteiger partial charge in [0.2, 0.25) is 0 Å². The normalized spacial score (nSPS) is 18.9. The van der Waals surface area contributed by atoms with Crippen LogP contribution in [0, 0.1) is 0 Å². The third-order valence-corrected chi connectivity index (χ3v) is 4.26. The fourth-order valence-electron chi connectivity index (χ4n) is 3.04. The van der Waals surface area contributed by atoms with Crippen molar-refractivity contribution in [3.05, 3.63) is 29.6 Å². The van der Waals surface area contributed by atoms with Gasteiger partial charge in [-0.3, -0.25) is 14.6 Å². The van der Waals surface area contributed by atoms with Crippen LogP contribution in [0.4, 0.5) is 0 Å². The van der Waals surface area contributed by atoms with Crippen molar-refractivity contribution in [1.82, 2.24) is 14.8 Å². The highest BCUT2D eigenvalue weighted by molar-refractivity contribution is 5.98. The molecular formula is C16H21N3O2. The molecule has 5 heteroatoms. The van der Waals surface area contributed by atoms with E-state index < -0.39 is 0 Å². The van der Waals surface area contributed by atoms with E-state index in [-0.39, 0.29) is 11.8 Å². The summed E-state index contributed by atoms with van der Waals surface area (Å²) in [4.78, 5) is 32.6. The van der Waals surface area contributed by atoms with Gasteiger partial charge in [0.1, 0.15) is 5.69 Å². The minimum Gasteiger partial charge on any atom is -0.339 e. The van der Waals surface area contributed by atoms with Crippen molar-refractivity contribution in [2.24, 2.45) is 0 Å². The van der Waals surface area contributed by atoms with Crippen molar-refractivity contribution in [2.75, 3.05) is 26.2 Å². The summed E-state index contributed by atoms with van der Waals surface area (Å²) in [6.07, 6.45) is 7.00. The Balaban J connectivity index is 1.75. The van der Waals surface area contributed by atoms with Gasteiger partial charge in [-0.25, -0.2) is 0 Å². The molecule has 0 aromatic carbocycles.